The molecule has 0 atom stereocenters. The van der Waals surface area contributed by atoms with Crippen LogP contribution in [0.5, 0.6) is 0 Å². The Balaban J connectivity index is 1.83. The summed E-state index contributed by atoms with van der Waals surface area (Å²) in [6, 6.07) is 6.84. The van der Waals surface area contributed by atoms with Crippen LogP contribution >= 0.6 is 0 Å². The zero-order chi connectivity index (χ0) is 23.0. The van der Waals surface area contributed by atoms with Gasteiger partial charge < -0.3 is 10.1 Å². The van der Waals surface area contributed by atoms with Crippen LogP contribution in [0.4, 0.5) is 35.0 Å². The molecule has 1 aliphatic heterocycles. The molecule has 1 N–H and O–H groups in total. The van der Waals surface area contributed by atoms with E-state index in [1.54, 1.807) is 26.8 Å². The number of para-hydroxylation sites is 2. The number of carbonyl (C=O) groups is 1. The van der Waals surface area contributed by atoms with Gasteiger partial charge in [0.25, 0.3) is 0 Å². The van der Waals surface area contributed by atoms with Crippen molar-refractivity contribution in [3.05, 3.63) is 53.8 Å². The number of nitrogens with one attached hydrogen (secondary N) is 1. The Morgan fingerprint density at radius 3 is 2.23 bits per heavy atom. The average Bonchev–Trinajstić information content (AvgIpc) is 2.84. The van der Waals surface area contributed by atoms with Crippen LogP contribution in [0, 0.1) is 17.5 Å². The number of halogens is 3. The van der Waals surface area contributed by atoms with Crippen molar-refractivity contribution < 1.29 is 31.1 Å². The summed E-state index contributed by atoms with van der Waals surface area (Å²) in [6.45, 7) is 5.17. The smallest absolute Gasteiger partial charge is 0.407 e. The second-order valence-corrected chi connectivity index (χ2v) is 9.53. The number of fused-ring (bicyclic) bond motifs is 1. The summed E-state index contributed by atoms with van der Waals surface area (Å²) < 4.78 is 75.1. The zero-order valence-corrected chi connectivity index (χ0v) is 18.0. The molecular weight excluding hydrogens is 435 g/mol. The van der Waals surface area contributed by atoms with Crippen molar-refractivity contribution in [3.8, 4) is 0 Å². The number of ether oxygens (including phenoxy) is 1. The molecule has 0 fully saturated rings. The molecule has 11 heteroatoms. The lowest BCUT2D eigenvalue weighted by Crippen LogP contribution is -2.38. The first-order valence-corrected chi connectivity index (χ1v) is 10.8. The summed E-state index contributed by atoms with van der Waals surface area (Å²) in [5.41, 5.74) is -1.32. The van der Waals surface area contributed by atoms with Crippen molar-refractivity contribution in [2.24, 2.45) is 0 Å². The van der Waals surface area contributed by atoms with Gasteiger partial charge in [0.05, 0.1) is 11.4 Å². The highest BCUT2D eigenvalue weighted by Gasteiger charge is 2.43. The number of amides is 1. The van der Waals surface area contributed by atoms with Gasteiger partial charge in [0.1, 0.15) is 17.1 Å². The lowest BCUT2D eigenvalue weighted by molar-refractivity contribution is 0.0527. The van der Waals surface area contributed by atoms with Gasteiger partial charge in [-0.15, -0.1) is 0 Å². The molecular formula is C20H22F3N3O4S. The number of rotatable bonds is 5. The van der Waals surface area contributed by atoms with Gasteiger partial charge in [-0.25, -0.2) is 22.3 Å². The Morgan fingerprint density at radius 1 is 1.06 bits per heavy atom. The SMILES string of the molecule is CC(C)(C)OC(=O)NCCCN1c2ccccc2N(c2c(F)cc(F)cc2F)S1(=O)=O. The first-order chi connectivity index (χ1) is 14.4. The fourth-order valence-electron chi connectivity index (χ4n) is 3.12. The van der Waals surface area contributed by atoms with Crippen LogP contribution in [-0.2, 0) is 14.9 Å². The Kier molecular flexibility index (Phi) is 6.08. The van der Waals surface area contributed by atoms with Crippen LogP contribution in [-0.4, -0.2) is 33.2 Å². The van der Waals surface area contributed by atoms with Crippen molar-refractivity contribution in [2.75, 3.05) is 21.7 Å². The normalized spacial score (nSPS) is 15.0. The van der Waals surface area contributed by atoms with Crippen molar-refractivity contribution in [1.29, 1.82) is 0 Å². The predicted molar refractivity (Wildman–Crippen MR) is 110 cm³/mol. The van der Waals surface area contributed by atoms with Crippen LogP contribution < -0.4 is 13.9 Å². The summed E-state index contributed by atoms with van der Waals surface area (Å²) in [4.78, 5) is 11.7. The number of alkyl carbamates (subject to hydrolysis) is 1. The van der Waals surface area contributed by atoms with E-state index in [-0.39, 0.29) is 30.9 Å². The van der Waals surface area contributed by atoms with Crippen LogP contribution in [0.3, 0.4) is 0 Å². The van der Waals surface area contributed by atoms with Gasteiger partial charge in [0, 0.05) is 25.2 Å². The van der Waals surface area contributed by atoms with Gasteiger partial charge in [-0.05, 0) is 39.3 Å². The van der Waals surface area contributed by atoms with Crippen molar-refractivity contribution >= 4 is 33.4 Å². The highest BCUT2D eigenvalue weighted by atomic mass is 32.2. The van der Waals surface area contributed by atoms with E-state index in [4.69, 9.17) is 4.74 Å². The molecule has 0 aromatic heterocycles. The van der Waals surface area contributed by atoms with Crippen molar-refractivity contribution in [3.63, 3.8) is 0 Å². The van der Waals surface area contributed by atoms with Crippen molar-refractivity contribution in [2.45, 2.75) is 32.8 Å². The molecule has 0 bridgehead atoms. The molecule has 0 unspecified atom stereocenters. The van der Waals surface area contributed by atoms with Crippen LogP contribution in [0.25, 0.3) is 0 Å². The van der Waals surface area contributed by atoms with Gasteiger partial charge in [-0.2, -0.15) is 8.42 Å². The van der Waals surface area contributed by atoms with Gasteiger partial charge >= 0.3 is 16.3 Å². The first kappa shape index (κ1) is 22.7. The number of hydrogen-bond donors (Lipinski definition) is 1. The molecule has 0 saturated carbocycles. The lowest BCUT2D eigenvalue weighted by atomic mass is 10.2. The Hall–Kier alpha value is -2.95. The molecule has 168 valence electrons. The molecule has 2 aromatic rings. The van der Waals surface area contributed by atoms with Gasteiger partial charge in [-0.1, -0.05) is 12.1 Å². The van der Waals surface area contributed by atoms with Gasteiger partial charge in [-0.3, -0.25) is 4.31 Å². The molecule has 1 aliphatic rings. The maximum Gasteiger partial charge on any atom is 0.407 e. The van der Waals surface area contributed by atoms with E-state index < -0.39 is 45.0 Å². The maximum atomic E-state index is 14.4. The van der Waals surface area contributed by atoms with E-state index >= 15 is 0 Å². The molecule has 0 spiro atoms. The quantitative estimate of drug-likeness (QED) is 0.682. The van der Waals surface area contributed by atoms with E-state index in [0.717, 1.165) is 4.31 Å². The van der Waals surface area contributed by atoms with E-state index in [1.807, 2.05) is 0 Å². The molecule has 2 aromatic carbocycles. The minimum absolute atomic E-state index is 0.0343. The molecule has 31 heavy (non-hydrogen) atoms. The third-order valence-corrected chi connectivity index (χ3v) is 6.05. The molecule has 0 radical (unpaired) electrons. The molecule has 0 aliphatic carbocycles. The lowest BCUT2D eigenvalue weighted by Gasteiger charge is -2.23. The Morgan fingerprint density at radius 2 is 1.65 bits per heavy atom. The summed E-state index contributed by atoms with van der Waals surface area (Å²) in [5.74, 6) is -3.85. The second kappa shape index (κ2) is 8.29. The van der Waals surface area contributed by atoms with Gasteiger partial charge in [0.2, 0.25) is 0 Å². The number of benzene rings is 2. The van der Waals surface area contributed by atoms with Gasteiger partial charge in [0.15, 0.2) is 11.6 Å². The summed E-state index contributed by atoms with van der Waals surface area (Å²) in [5, 5.41) is 2.52. The fourth-order valence-corrected chi connectivity index (χ4v) is 4.89. The third-order valence-electron chi connectivity index (χ3n) is 4.27. The van der Waals surface area contributed by atoms with E-state index in [1.165, 1.54) is 18.2 Å². The summed E-state index contributed by atoms with van der Waals surface area (Å²) in [7, 11) is -4.41. The first-order valence-electron chi connectivity index (χ1n) is 9.45. The molecule has 1 heterocycles. The number of anilines is 3. The number of nitrogens with zero attached hydrogens (tertiary/aromatic N) is 2. The monoisotopic (exact) mass is 457 g/mol. The predicted octanol–water partition coefficient (Wildman–Crippen LogP) is 4.22. The average molecular weight is 457 g/mol. The van der Waals surface area contributed by atoms with Crippen LogP contribution in [0.15, 0.2) is 36.4 Å². The van der Waals surface area contributed by atoms with E-state index in [9.17, 15) is 26.4 Å². The number of carbonyl (C=O) groups excluding carboxylic acids is 1. The van der Waals surface area contributed by atoms with Crippen LogP contribution in [0.2, 0.25) is 0 Å². The summed E-state index contributed by atoms with van der Waals surface area (Å²) >= 11 is 0. The largest absolute Gasteiger partial charge is 0.444 e. The second-order valence-electron chi connectivity index (χ2n) is 7.83. The Labute approximate surface area is 178 Å². The highest BCUT2D eigenvalue weighted by Crippen LogP contribution is 2.46. The number of hydrogen-bond acceptors (Lipinski definition) is 4. The molecule has 0 saturated heterocycles. The zero-order valence-electron chi connectivity index (χ0n) is 17.2. The summed E-state index contributed by atoms with van der Waals surface area (Å²) in [6.07, 6.45) is -0.441. The fraction of sp³-hybridized carbons (Fsp3) is 0.350. The Bertz CT molecular complexity index is 1080. The molecule has 3 rings (SSSR count). The van der Waals surface area contributed by atoms with Crippen molar-refractivity contribution in [1.82, 2.24) is 5.32 Å². The minimum atomic E-state index is -4.41. The standard InChI is InChI=1S/C20H22F3N3O4S/c1-20(2,3)30-19(27)24-9-6-10-25-16-7-4-5-8-17(16)26(31(25,28)29)18-14(22)11-13(21)12-15(18)23/h4-5,7-8,11-12H,6,9-10H2,1-3H3,(H,24,27). The minimum Gasteiger partial charge on any atom is -0.444 e. The molecule has 1 amide bonds. The topological polar surface area (TPSA) is 79.0 Å². The maximum absolute atomic E-state index is 14.4. The third kappa shape index (κ3) is 4.71. The van der Waals surface area contributed by atoms with E-state index in [2.05, 4.69) is 5.32 Å². The van der Waals surface area contributed by atoms with Crippen LogP contribution in [0.1, 0.15) is 27.2 Å². The highest BCUT2D eigenvalue weighted by molar-refractivity contribution is 7.95. The van der Waals surface area contributed by atoms with E-state index in [0.29, 0.717) is 16.4 Å². The molecule has 7 nitrogen and oxygen atoms in total.